The number of hydrogen-bond acceptors (Lipinski definition) is 1. The second-order valence-electron chi connectivity index (χ2n) is 4.55. The van der Waals surface area contributed by atoms with Gasteiger partial charge in [0.2, 0.25) is 0 Å². The van der Waals surface area contributed by atoms with E-state index in [2.05, 4.69) is 39.8 Å². The van der Waals surface area contributed by atoms with Crippen LogP contribution in [0.4, 0.5) is 0 Å². The first-order valence-electron chi connectivity index (χ1n) is 5.76. The van der Waals surface area contributed by atoms with E-state index in [1.54, 1.807) is 0 Å². The molecular weight excluding hydrogens is 182 g/mol. The fourth-order valence-electron chi connectivity index (χ4n) is 2.48. The highest BCUT2D eigenvalue weighted by Gasteiger charge is 2.14. The summed E-state index contributed by atoms with van der Waals surface area (Å²) in [7, 11) is 0. The van der Waals surface area contributed by atoms with Crippen LogP contribution in [0, 0.1) is 19.8 Å². The van der Waals surface area contributed by atoms with E-state index in [1.165, 1.54) is 33.7 Å². The predicted molar refractivity (Wildman–Crippen MR) is 64.4 cm³/mol. The normalized spacial score (nSPS) is 19.7. The Morgan fingerprint density at radius 1 is 1.20 bits per heavy atom. The molecule has 15 heavy (non-hydrogen) atoms. The minimum absolute atomic E-state index is 0.651. The fourth-order valence-corrected chi connectivity index (χ4v) is 2.48. The van der Waals surface area contributed by atoms with Crippen LogP contribution in [0.1, 0.15) is 31.4 Å². The Morgan fingerprint density at radius 2 is 1.87 bits per heavy atom. The highest BCUT2D eigenvalue weighted by molar-refractivity contribution is 5.49. The van der Waals surface area contributed by atoms with Crippen LogP contribution in [0.15, 0.2) is 17.1 Å². The largest absolute Gasteiger partial charge is 0.284 e. The van der Waals surface area contributed by atoms with E-state index in [-0.39, 0.29) is 0 Å². The van der Waals surface area contributed by atoms with Crippen molar-refractivity contribution in [3.63, 3.8) is 0 Å². The topological polar surface area (TPSA) is 12.4 Å². The smallest absolute Gasteiger partial charge is 0.0678 e. The van der Waals surface area contributed by atoms with Crippen LogP contribution >= 0.6 is 0 Å². The lowest BCUT2D eigenvalue weighted by Gasteiger charge is -2.19. The molecule has 0 saturated carbocycles. The summed E-state index contributed by atoms with van der Waals surface area (Å²) in [5, 5.41) is 2.64. The van der Waals surface area contributed by atoms with Gasteiger partial charge in [0.25, 0.3) is 0 Å². The van der Waals surface area contributed by atoms with Crippen LogP contribution in [-0.4, -0.2) is 6.54 Å². The monoisotopic (exact) mass is 201 g/mol. The molecule has 0 radical (unpaired) electrons. The summed E-state index contributed by atoms with van der Waals surface area (Å²) in [4.78, 5) is 4.74. The highest BCUT2D eigenvalue weighted by Crippen LogP contribution is 2.16. The molecule has 1 heteroatoms. The van der Waals surface area contributed by atoms with E-state index in [4.69, 9.17) is 4.99 Å². The van der Waals surface area contributed by atoms with Crippen molar-refractivity contribution in [1.82, 2.24) is 0 Å². The first-order valence-corrected chi connectivity index (χ1v) is 5.76. The molecule has 1 aromatic rings. The summed E-state index contributed by atoms with van der Waals surface area (Å²) in [6, 6.07) is 4.39. The van der Waals surface area contributed by atoms with Crippen LogP contribution in [-0.2, 0) is 0 Å². The summed E-state index contributed by atoms with van der Waals surface area (Å²) in [5.41, 5.74) is 4.21. The molecule has 1 heterocycles. The fraction of sp³-hybridized carbons (Fsp3) is 0.500. The maximum atomic E-state index is 4.74. The van der Waals surface area contributed by atoms with E-state index in [9.17, 15) is 0 Å². The van der Waals surface area contributed by atoms with Gasteiger partial charge in [-0.25, -0.2) is 0 Å². The summed E-state index contributed by atoms with van der Waals surface area (Å²) in [6.07, 6.45) is 1.20. The Hall–Kier alpha value is -1.11. The zero-order chi connectivity index (χ0) is 11.0. The van der Waals surface area contributed by atoms with Gasteiger partial charge in [0.1, 0.15) is 0 Å². The number of rotatable bonds is 1. The molecule has 0 N–H and O–H groups in total. The second-order valence-corrected chi connectivity index (χ2v) is 4.55. The SMILES string of the molecule is CC[C@H]1CN=c2c(C)ccc(C)c2=C1C. The molecule has 2 rings (SSSR count). The van der Waals surface area contributed by atoms with Crippen LogP contribution in [0.25, 0.3) is 5.57 Å². The molecule has 0 aromatic heterocycles. The molecule has 1 aromatic carbocycles. The van der Waals surface area contributed by atoms with Gasteiger partial charge in [-0.1, -0.05) is 24.6 Å². The van der Waals surface area contributed by atoms with Gasteiger partial charge in [-0.3, -0.25) is 4.99 Å². The van der Waals surface area contributed by atoms with Crippen LogP contribution in [0.5, 0.6) is 0 Å². The van der Waals surface area contributed by atoms with Crippen LogP contribution in [0.2, 0.25) is 0 Å². The molecule has 0 unspecified atom stereocenters. The molecular formula is C14H19N. The minimum Gasteiger partial charge on any atom is -0.284 e. The van der Waals surface area contributed by atoms with Gasteiger partial charge in [0.05, 0.1) is 5.36 Å². The summed E-state index contributed by atoms with van der Waals surface area (Å²) in [5.74, 6) is 0.651. The molecule has 0 saturated heterocycles. The molecule has 1 atom stereocenters. The Labute approximate surface area is 91.6 Å². The van der Waals surface area contributed by atoms with Crippen molar-refractivity contribution in [3.05, 3.63) is 33.8 Å². The van der Waals surface area contributed by atoms with Crippen LogP contribution in [0.3, 0.4) is 0 Å². The standard InChI is InChI=1S/C14H19N/c1-5-12-8-15-14-10(3)7-6-9(2)13(14)11(12)4/h6-7,12H,5,8H2,1-4H3/t12-/m0/s1. The van der Waals surface area contributed by atoms with Crippen molar-refractivity contribution < 1.29 is 0 Å². The Balaban J connectivity index is 2.84. The Kier molecular flexibility index (Phi) is 2.64. The number of hydrogen-bond donors (Lipinski definition) is 0. The van der Waals surface area contributed by atoms with E-state index in [0.29, 0.717) is 5.92 Å². The van der Waals surface area contributed by atoms with Gasteiger partial charge in [0.15, 0.2) is 0 Å². The molecule has 0 bridgehead atoms. The van der Waals surface area contributed by atoms with Gasteiger partial charge in [-0.05, 0) is 44.2 Å². The third-order valence-corrected chi connectivity index (χ3v) is 3.56. The summed E-state index contributed by atoms with van der Waals surface area (Å²) < 4.78 is 0. The van der Waals surface area contributed by atoms with Crippen molar-refractivity contribution in [1.29, 1.82) is 0 Å². The van der Waals surface area contributed by atoms with E-state index >= 15 is 0 Å². The predicted octanol–water partition coefficient (Wildman–Crippen LogP) is 2.13. The first kappa shape index (κ1) is 10.4. The van der Waals surface area contributed by atoms with Crippen molar-refractivity contribution >= 4 is 5.57 Å². The number of benzene rings is 1. The lowest BCUT2D eigenvalue weighted by molar-refractivity contribution is 0.629. The zero-order valence-electron chi connectivity index (χ0n) is 10.1. The third kappa shape index (κ3) is 1.60. The van der Waals surface area contributed by atoms with E-state index < -0.39 is 0 Å². The lowest BCUT2D eigenvalue weighted by atomic mass is 9.91. The number of nitrogens with zero attached hydrogens (tertiary/aromatic N) is 1. The van der Waals surface area contributed by atoms with Gasteiger partial charge >= 0.3 is 0 Å². The minimum atomic E-state index is 0.651. The Morgan fingerprint density at radius 3 is 2.53 bits per heavy atom. The summed E-state index contributed by atoms with van der Waals surface area (Å²) in [6.45, 7) is 9.84. The first-order chi connectivity index (χ1) is 7.15. The van der Waals surface area contributed by atoms with Gasteiger partial charge in [-0.2, -0.15) is 0 Å². The second kappa shape index (κ2) is 3.80. The quantitative estimate of drug-likeness (QED) is 0.660. The van der Waals surface area contributed by atoms with Gasteiger partial charge in [0, 0.05) is 11.8 Å². The van der Waals surface area contributed by atoms with Crippen molar-refractivity contribution in [2.45, 2.75) is 34.1 Å². The molecule has 0 fully saturated rings. The molecule has 1 aliphatic rings. The van der Waals surface area contributed by atoms with E-state index in [0.717, 1.165) is 6.54 Å². The number of fused-ring (bicyclic) bond motifs is 1. The average Bonchev–Trinajstić information content (AvgIpc) is 2.23. The van der Waals surface area contributed by atoms with Crippen molar-refractivity contribution in [3.8, 4) is 0 Å². The lowest BCUT2D eigenvalue weighted by Crippen LogP contribution is -2.38. The average molecular weight is 201 g/mol. The molecule has 0 amide bonds. The van der Waals surface area contributed by atoms with E-state index in [1.807, 2.05) is 0 Å². The highest BCUT2D eigenvalue weighted by atomic mass is 14.7. The van der Waals surface area contributed by atoms with Crippen molar-refractivity contribution in [2.24, 2.45) is 10.9 Å². The van der Waals surface area contributed by atoms with Crippen molar-refractivity contribution in [2.75, 3.05) is 6.54 Å². The Bertz CT molecular complexity index is 497. The maximum Gasteiger partial charge on any atom is 0.0678 e. The molecule has 80 valence electrons. The maximum absolute atomic E-state index is 4.74. The van der Waals surface area contributed by atoms with Gasteiger partial charge in [-0.15, -0.1) is 0 Å². The molecule has 1 nitrogen and oxygen atoms in total. The zero-order valence-corrected chi connectivity index (χ0v) is 10.1. The molecule has 0 aliphatic carbocycles. The summed E-state index contributed by atoms with van der Waals surface area (Å²) >= 11 is 0. The van der Waals surface area contributed by atoms with Crippen LogP contribution < -0.4 is 10.6 Å². The van der Waals surface area contributed by atoms with Gasteiger partial charge < -0.3 is 0 Å². The molecule has 1 aliphatic heterocycles. The third-order valence-electron chi connectivity index (χ3n) is 3.56. The number of aryl methyl sites for hydroxylation is 2. The molecule has 0 spiro atoms.